The van der Waals surface area contributed by atoms with Crippen molar-refractivity contribution in [1.82, 2.24) is 0 Å². The lowest BCUT2D eigenvalue weighted by Crippen LogP contribution is -2.11. The second-order valence-corrected chi connectivity index (χ2v) is 5.18. The number of anilines is 2. The zero-order chi connectivity index (χ0) is 15.6. The average Bonchev–Trinajstić information content (AvgIpc) is 2.40. The molecule has 0 fully saturated rings. The van der Waals surface area contributed by atoms with E-state index < -0.39 is 11.7 Å². The van der Waals surface area contributed by atoms with E-state index in [4.69, 9.17) is 5.73 Å². The van der Waals surface area contributed by atoms with E-state index in [-0.39, 0.29) is 6.04 Å². The average molecular weight is 294 g/mol. The largest absolute Gasteiger partial charge is 0.416 e. The lowest BCUT2D eigenvalue weighted by molar-refractivity contribution is -0.137. The van der Waals surface area contributed by atoms with Gasteiger partial charge in [0.05, 0.1) is 16.9 Å². The molecule has 0 heterocycles. The van der Waals surface area contributed by atoms with Crippen molar-refractivity contribution >= 4 is 11.4 Å². The third-order valence-corrected chi connectivity index (χ3v) is 3.04. The number of halogens is 3. The summed E-state index contributed by atoms with van der Waals surface area (Å²) < 4.78 is 37.7. The quantitative estimate of drug-likeness (QED) is 0.800. The van der Waals surface area contributed by atoms with E-state index in [0.717, 1.165) is 28.9 Å². The van der Waals surface area contributed by atoms with E-state index in [0.29, 0.717) is 5.69 Å². The molecule has 0 unspecified atom stereocenters. The minimum atomic E-state index is -4.32. The Labute approximate surface area is 121 Å². The monoisotopic (exact) mass is 294 g/mol. The van der Waals surface area contributed by atoms with Gasteiger partial charge in [0.25, 0.3) is 0 Å². The maximum Gasteiger partial charge on any atom is 0.416 e. The molecule has 0 amide bonds. The third kappa shape index (κ3) is 3.68. The van der Waals surface area contributed by atoms with Crippen molar-refractivity contribution in [3.8, 4) is 11.1 Å². The van der Waals surface area contributed by atoms with Crippen LogP contribution in [0.4, 0.5) is 24.5 Å². The number of hydrogen-bond acceptors (Lipinski definition) is 2. The Morgan fingerprint density at radius 1 is 0.952 bits per heavy atom. The van der Waals surface area contributed by atoms with Crippen LogP contribution in [0.5, 0.6) is 0 Å². The van der Waals surface area contributed by atoms with Gasteiger partial charge in [-0.2, -0.15) is 13.2 Å². The molecule has 0 saturated heterocycles. The Balaban J connectivity index is 2.34. The molecule has 0 aromatic heterocycles. The molecule has 0 atom stereocenters. The summed E-state index contributed by atoms with van der Waals surface area (Å²) in [6, 6.07) is 10.7. The van der Waals surface area contributed by atoms with Crippen molar-refractivity contribution in [2.45, 2.75) is 26.1 Å². The highest BCUT2D eigenvalue weighted by molar-refractivity contribution is 5.76. The predicted molar refractivity (Wildman–Crippen MR) is 80.1 cm³/mol. The van der Waals surface area contributed by atoms with Gasteiger partial charge in [-0.25, -0.2) is 0 Å². The summed E-state index contributed by atoms with van der Waals surface area (Å²) in [6.07, 6.45) is -4.32. The first-order valence-electron chi connectivity index (χ1n) is 6.61. The van der Waals surface area contributed by atoms with Gasteiger partial charge >= 0.3 is 6.18 Å². The second-order valence-electron chi connectivity index (χ2n) is 5.18. The first-order chi connectivity index (χ1) is 9.77. The van der Waals surface area contributed by atoms with Crippen LogP contribution in [0.15, 0.2) is 42.5 Å². The van der Waals surface area contributed by atoms with Gasteiger partial charge in [-0.05, 0) is 49.2 Å². The van der Waals surface area contributed by atoms with E-state index in [9.17, 15) is 13.2 Å². The lowest BCUT2D eigenvalue weighted by Gasteiger charge is -2.14. The van der Waals surface area contributed by atoms with Crippen LogP contribution in [0.25, 0.3) is 11.1 Å². The summed E-state index contributed by atoms with van der Waals surface area (Å²) in [5.74, 6) is 0. The lowest BCUT2D eigenvalue weighted by atomic mass is 10.0. The number of alkyl halides is 3. The fourth-order valence-corrected chi connectivity index (χ4v) is 2.02. The van der Waals surface area contributed by atoms with E-state index in [1.807, 2.05) is 19.9 Å². The van der Waals surface area contributed by atoms with Crippen LogP contribution in [-0.2, 0) is 6.18 Å². The van der Waals surface area contributed by atoms with Gasteiger partial charge in [0.1, 0.15) is 0 Å². The van der Waals surface area contributed by atoms with Crippen LogP contribution in [0.3, 0.4) is 0 Å². The summed E-state index contributed by atoms with van der Waals surface area (Å²) >= 11 is 0. The zero-order valence-corrected chi connectivity index (χ0v) is 11.8. The van der Waals surface area contributed by atoms with Crippen molar-refractivity contribution in [3.05, 3.63) is 48.0 Å². The maximum atomic E-state index is 12.6. The summed E-state index contributed by atoms with van der Waals surface area (Å²) in [6.45, 7) is 3.98. The Hall–Kier alpha value is -2.17. The van der Waals surface area contributed by atoms with Crippen LogP contribution < -0.4 is 11.1 Å². The summed E-state index contributed by atoms with van der Waals surface area (Å²) in [7, 11) is 0. The van der Waals surface area contributed by atoms with Gasteiger partial charge in [-0.1, -0.05) is 18.2 Å². The van der Waals surface area contributed by atoms with Gasteiger partial charge < -0.3 is 11.1 Å². The molecule has 0 aliphatic rings. The van der Waals surface area contributed by atoms with Gasteiger partial charge in [-0.3, -0.25) is 0 Å². The number of benzene rings is 2. The van der Waals surface area contributed by atoms with E-state index >= 15 is 0 Å². The predicted octanol–water partition coefficient (Wildman–Crippen LogP) is 4.77. The third-order valence-electron chi connectivity index (χ3n) is 3.04. The molecule has 2 aromatic carbocycles. The first kappa shape index (κ1) is 15.2. The molecule has 2 aromatic rings. The Kier molecular flexibility index (Phi) is 4.11. The van der Waals surface area contributed by atoms with Crippen molar-refractivity contribution in [2.75, 3.05) is 11.1 Å². The number of nitrogen functional groups attached to an aromatic ring is 1. The molecule has 2 rings (SSSR count). The fraction of sp³-hybridized carbons (Fsp3) is 0.250. The Morgan fingerprint density at radius 3 is 2.05 bits per heavy atom. The zero-order valence-electron chi connectivity index (χ0n) is 11.8. The minimum absolute atomic E-state index is 0.218. The number of hydrogen-bond donors (Lipinski definition) is 2. The van der Waals surface area contributed by atoms with E-state index in [2.05, 4.69) is 5.32 Å². The van der Waals surface area contributed by atoms with Gasteiger partial charge in [0.2, 0.25) is 0 Å². The molecule has 0 saturated carbocycles. The standard InChI is InChI=1S/C16H17F3N2/c1-10(2)21-15-9-12(5-8-14(15)20)11-3-6-13(7-4-11)16(17,18)19/h3-10,21H,20H2,1-2H3. The van der Waals surface area contributed by atoms with Crippen LogP contribution in [0.1, 0.15) is 19.4 Å². The second kappa shape index (κ2) is 5.68. The molecular weight excluding hydrogens is 277 g/mol. The Morgan fingerprint density at radius 2 is 1.52 bits per heavy atom. The van der Waals surface area contributed by atoms with Crippen molar-refractivity contribution in [1.29, 1.82) is 0 Å². The van der Waals surface area contributed by atoms with Crippen LogP contribution in [-0.4, -0.2) is 6.04 Å². The highest BCUT2D eigenvalue weighted by Gasteiger charge is 2.29. The van der Waals surface area contributed by atoms with E-state index in [1.54, 1.807) is 12.1 Å². The van der Waals surface area contributed by atoms with Crippen molar-refractivity contribution in [3.63, 3.8) is 0 Å². The van der Waals surface area contributed by atoms with Crippen LogP contribution >= 0.6 is 0 Å². The first-order valence-corrected chi connectivity index (χ1v) is 6.61. The molecule has 3 N–H and O–H groups in total. The number of nitrogens with two attached hydrogens (primary N) is 1. The molecule has 5 heteroatoms. The molecule has 0 aliphatic carbocycles. The van der Waals surface area contributed by atoms with Crippen molar-refractivity contribution < 1.29 is 13.2 Å². The highest BCUT2D eigenvalue weighted by Crippen LogP contribution is 2.32. The van der Waals surface area contributed by atoms with Gasteiger partial charge in [0, 0.05) is 6.04 Å². The van der Waals surface area contributed by atoms with Gasteiger partial charge in [-0.15, -0.1) is 0 Å². The molecule has 21 heavy (non-hydrogen) atoms. The minimum Gasteiger partial charge on any atom is -0.397 e. The number of nitrogens with one attached hydrogen (secondary N) is 1. The SMILES string of the molecule is CC(C)Nc1cc(-c2ccc(C(F)(F)F)cc2)ccc1N. The smallest absolute Gasteiger partial charge is 0.397 e. The van der Waals surface area contributed by atoms with Crippen LogP contribution in [0, 0.1) is 0 Å². The topological polar surface area (TPSA) is 38.0 Å². The maximum absolute atomic E-state index is 12.6. The molecule has 0 radical (unpaired) electrons. The fourth-order valence-electron chi connectivity index (χ4n) is 2.02. The molecule has 0 aliphatic heterocycles. The van der Waals surface area contributed by atoms with Crippen LogP contribution in [0.2, 0.25) is 0 Å². The summed E-state index contributed by atoms with van der Waals surface area (Å²) in [4.78, 5) is 0. The molecular formula is C16H17F3N2. The molecule has 0 bridgehead atoms. The summed E-state index contributed by atoms with van der Waals surface area (Å²) in [5.41, 5.74) is 8.16. The van der Waals surface area contributed by atoms with E-state index in [1.165, 1.54) is 12.1 Å². The molecule has 0 spiro atoms. The molecule has 112 valence electrons. The Bertz CT molecular complexity index is 616. The normalized spacial score (nSPS) is 11.7. The molecule has 2 nitrogen and oxygen atoms in total. The number of rotatable bonds is 3. The van der Waals surface area contributed by atoms with Gasteiger partial charge in [0.15, 0.2) is 0 Å². The van der Waals surface area contributed by atoms with Crippen molar-refractivity contribution in [2.24, 2.45) is 0 Å². The highest BCUT2D eigenvalue weighted by atomic mass is 19.4. The summed E-state index contributed by atoms with van der Waals surface area (Å²) in [5, 5.41) is 3.21.